The van der Waals surface area contributed by atoms with E-state index in [4.69, 9.17) is 14.6 Å². The predicted octanol–water partition coefficient (Wildman–Crippen LogP) is 2.64. The summed E-state index contributed by atoms with van der Waals surface area (Å²) in [5.41, 5.74) is 1.39. The molecule has 1 saturated heterocycles. The zero-order chi connectivity index (χ0) is 19.6. The van der Waals surface area contributed by atoms with E-state index in [2.05, 4.69) is 60.6 Å². The normalized spacial score (nSPS) is 16.8. The molecule has 0 spiro atoms. The molecule has 0 aromatic heterocycles. The van der Waals surface area contributed by atoms with Crippen molar-refractivity contribution in [3.8, 4) is 5.75 Å². The van der Waals surface area contributed by atoms with Crippen LogP contribution < -0.4 is 9.64 Å². The summed E-state index contributed by atoms with van der Waals surface area (Å²) in [7, 11) is 1.73. The molecule has 0 saturated carbocycles. The number of piperazine rings is 1. The van der Waals surface area contributed by atoms with Gasteiger partial charge in [0.15, 0.2) is 0 Å². The molecule has 0 bridgehead atoms. The Labute approximate surface area is 158 Å². The Morgan fingerprint density at radius 2 is 1.92 bits per heavy atom. The van der Waals surface area contributed by atoms with Crippen molar-refractivity contribution in [3.05, 3.63) is 24.3 Å². The average Bonchev–Trinajstić information content (AvgIpc) is 2.62. The molecule has 0 unspecified atom stereocenters. The van der Waals surface area contributed by atoms with Crippen molar-refractivity contribution in [1.29, 1.82) is 0 Å². The van der Waals surface area contributed by atoms with E-state index >= 15 is 0 Å². The van der Waals surface area contributed by atoms with E-state index in [-0.39, 0.29) is 12.0 Å². The van der Waals surface area contributed by atoms with Crippen LogP contribution in [0.25, 0.3) is 0 Å². The van der Waals surface area contributed by atoms with Crippen LogP contribution in [0.4, 0.5) is 5.69 Å². The van der Waals surface area contributed by atoms with Gasteiger partial charge in [-0.1, -0.05) is 19.9 Å². The molecule has 0 aliphatic carbocycles. The second-order valence-electron chi connectivity index (χ2n) is 7.07. The molecule has 0 amide bonds. The molecule has 1 fully saturated rings. The molecular weight excluding hydrogens is 330 g/mol. The Bertz CT molecular complexity index is 533. The summed E-state index contributed by atoms with van der Waals surface area (Å²) < 4.78 is 5.38. The van der Waals surface area contributed by atoms with E-state index in [1.54, 1.807) is 7.11 Å². The van der Waals surface area contributed by atoms with Gasteiger partial charge in [0, 0.05) is 50.0 Å². The lowest BCUT2D eigenvalue weighted by molar-refractivity contribution is -0.122. The minimum Gasteiger partial charge on any atom is -0.497 e. The summed E-state index contributed by atoms with van der Waals surface area (Å²) >= 11 is 0. The van der Waals surface area contributed by atoms with Gasteiger partial charge in [-0.3, -0.25) is 9.69 Å². The van der Waals surface area contributed by atoms with Crippen LogP contribution in [-0.4, -0.2) is 79.8 Å². The predicted molar refractivity (Wildman–Crippen MR) is 107 cm³/mol. The van der Waals surface area contributed by atoms with Gasteiger partial charge in [0.1, 0.15) is 5.75 Å². The van der Waals surface area contributed by atoms with E-state index in [0.717, 1.165) is 45.0 Å². The molecule has 0 radical (unpaired) electrons. The minimum atomic E-state index is -0.250. The van der Waals surface area contributed by atoms with Crippen LogP contribution in [0.5, 0.6) is 5.75 Å². The number of benzene rings is 1. The van der Waals surface area contributed by atoms with Crippen LogP contribution in [0, 0.1) is 0 Å². The minimum absolute atomic E-state index is 0.133. The Balaban J connectivity index is 0.00000105. The molecule has 1 aromatic rings. The summed E-state index contributed by atoms with van der Waals surface area (Å²) in [5, 5.41) is 6.89. The second kappa shape index (κ2) is 11.0. The fourth-order valence-corrected chi connectivity index (χ4v) is 3.53. The van der Waals surface area contributed by atoms with Crippen molar-refractivity contribution < 1.29 is 14.6 Å². The highest BCUT2D eigenvalue weighted by Gasteiger charge is 2.33. The number of carbonyl (C=O) groups is 1. The number of carboxylic acid groups (broad SMARTS) is 1. The maximum absolute atomic E-state index is 8.36. The number of rotatable bonds is 7. The van der Waals surface area contributed by atoms with Gasteiger partial charge >= 0.3 is 0 Å². The first-order valence-electron chi connectivity index (χ1n) is 9.36. The van der Waals surface area contributed by atoms with E-state index < -0.39 is 0 Å². The summed E-state index contributed by atoms with van der Waals surface area (Å²) in [6, 6.07) is 8.43. The van der Waals surface area contributed by atoms with Gasteiger partial charge in [0.2, 0.25) is 0 Å². The Morgan fingerprint density at radius 1 is 1.27 bits per heavy atom. The lowest BCUT2D eigenvalue weighted by atomic mass is 9.97. The van der Waals surface area contributed by atoms with Crippen LogP contribution in [-0.2, 0) is 4.79 Å². The molecule has 1 aliphatic rings. The monoisotopic (exact) mass is 365 g/mol. The Kier molecular flexibility index (Phi) is 9.44. The highest BCUT2D eigenvalue weighted by atomic mass is 16.5. The van der Waals surface area contributed by atoms with Crippen molar-refractivity contribution in [1.82, 2.24) is 9.80 Å². The topological polar surface area (TPSA) is 56.2 Å². The summed E-state index contributed by atoms with van der Waals surface area (Å²) in [5.74, 6) is 0.933. The molecule has 148 valence electrons. The molecular formula is C20H35N3O3. The van der Waals surface area contributed by atoms with Crippen LogP contribution in [0.1, 0.15) is 27.7 Å². The number of hydrogen-bond acceptors (Lipinski definition) is 5. The highest BCUT2D eigenvalue weighted by Crippen LogP contribution is 2.30. The molecule has 1 aliphatic heterocycles. The smallest absolute Gasteiger partial charge is 0.290 e. The third-order valence-electron chi connectivity index (χ3n) is 4.97. The van der Waals surface area contributed by atoms with Crippen LogP contribution in [0.2, 0.25) is 0 Å². The SMILES string of the molecule is CCN(CC)CCN1CCN(c2cccc(OC)c2)C(C)(C)C1.O=CO. The fourth-order valence-electron chi connectivity index (χ4n) is 3.53. The molecule has 1 heterocycles. The molecule has 1 N–H and O–H groups in total. The fraction of sp³-hybridized carbons (Fsp3) is 0.650. The highest BCUT2D eigenvalue weighted by molar-refractivity contribution is 5.53. The third-order valence-corrected chi connectivity index (χ3v) is 4.97. The van der Waals surface area contributed by atoms with Crippen molar-refractivity contribution in [2.75, 3.05) is 57.8 Å². The average molecular weight is 366 g/mol. The van der Waals surface area contributed by atoms with Gasteiger partial charge in [-0.25, -0.2) is 0 Å². The third kappa shape index (κ3) is 6.50. The van der Waals surface area contributed by atoms with E-state index in [1.807, 2.05) is 6.07 Å². The first-order chi connectivity index (χ1) is 12.4. The van der Waals surface area contributed by atoms with Gasteiger partial charge in [-0.2, -0.15) is 0 Å². The molecule has 1 aromatic carbocycles. The van der Waals surface area contributed by atoms with E-state index in [1.165, 1.54) is 12.2 Å². The summed E-state index contributed by atoms with van der Waals surface area (Å²) in [6.07, 6.45) is 0. The number of hydrogen-bond donors (Lipinski definition) is 1. The molecule has 2 rings (SSSR count). The molecule has 6 heteroatoms. The van der Waals surface area contributed by atoms with Crippen molar-refractivity contribution >= 4 is 12.2 Å². The maximum Gasteiger partial charge on any atom is 0.290 e. The van der Waals surface area contributed by atoms with Gasteiger partial charge in [0.05, 0.1) is 7.11 Å². The second-order valence-corrected chi connectivity index (χ2v) is 7.07. The Hall–Kier alpha value is -1.79. The number of methoxy groups -OCH3 is 1. The summed E-state index contributed by atoms with van der Waals surface area (Å²) in [4.78, 5) is 16.0. The van der Waals surface area contributed by atoms with Gasteiger partial charge in [-0.05, 0) is 39.1 Å². The molecule has 26 heavy (non-hydrogen) atoms. The van der Waals surface area contributed by atoms with Crippen molar-refractivity contribution in [2.24, 2.45) is 0 Å². The molecule has 6 nitrogen and oxygen atoms in total. The Morgan fingerprint density at radius 3 is 2.46 bits per heavy atom. The van der Waals surface area contributed by atoms with Crippen molar-refractivity contribution in [2.45, 2.75) is 33.2 Å². The van der Waals surface area contributed by atoms with Gasteiger partial charge in [0.25, 0.3) is 6.47 Å². The lowest BCUT2D eigenvalue weighted by Gasteiger charge is -2.49. The van der Waals surface area contributed by atoms with Crippen LogP contribution in [0.3, 0.4) is 0 Å². The van der Waals surface area contributed by atoms with E-state index in [0.29, 0.717) is 0 Å². The largest absolute Gasteiger partial charge is 0.497 e. The number of likely N-dealkylation sites (N-methyl/N-ethyl adjacent to an activating group) is 1. The first-order valence-corrected chi connectivity index (χ1v) is 9.36. The lowest BCUT2D eigenvalue weighted by Crippen LogP contribution is -2.60. The summed E-state index contributed by atoms with van der Waals surface area (Å²) in [6.45, 7) is 16.8. The zero-order valence-electron chi connectivity index (χ0n) is 16.9. The maximum atomic E-state index is 8.36. The zero-order valence-corrected chi connectivity index (χ0v) is 16.9. The van der Waals surface area contributed by atoms with Gasteiger partial charge < -0.3 is 19.6 Å². The number of ether oxygens (including phenoxy) is 1. The standard InChI is InChI=1S/C19H33N3O.CH2O2/c1-6-20(7-2)11-12-21-13-14-22(19(3,4)16-21)17-9-8-10-18(15-17)23-5;2-1-3/h8-10,15H,6-7,11-14,16H2,1-5H3;1H,(H,2,3). The first kappa shape index (κ1) is 22.3. The van der Waals surface area contributed by atoms with E-state index in [9.17, 15) is 0 Å². The van der Waals surface area contributed by atoms with Gasteiger partial charge in [-0.15, -0.1) is 0 Å². The number of anilines is 1. The number of nitrogens with zero attached hydrogens (tertiary/aromatic N) is 3. The molecule has 0 atom stereocenters. The van der Waals surface area contributed by atoms with Crippen LogP contribution in [0.15, 0.2) is 24.3 Å². The van der Waals surface area contributed by atoms with Crippen LogP contribution >= 0.6 is 0 Å². The van der Waals surface area contributed by atoms with Crippen molar-refractivity contribution in [3.63, 3.8) is 0 Å². The quantitative estimate of drug-likeness (QED) is 0.750.